The van der Waals surface area contributed by atoms with Crippen molar-refractivity contribution in [2.24, 2.45) is 5.10 Å². The van der Waals surface area contributed by atoms with Gasteiger partial charge in [0, 0.05) is 11.6 Å². The number of carbonyl (C=O) groups excluding carboxylic acids is 1. The van der Waals surface area contributed by atoms with Crippen LogP contribution in [0.2, 0.25) is 0 Å². The summed E-state index contributed by atoms with van der Waals surface area (Å²) >= 11 is 1.49. The normalized spacial score (nSPS) is 19.0. The van der Waals surface area contributed by atoms with Crippen LogP contribution in [0.15, 0.2) is 59.7 Å². The van der Waals surface area contributed by atoms with E-state index in [9.17, 15) is 4.79 Å². The van der Waals surface area contributed by atoms with Crippen LogP contribution in [0.5, 0.6) is 0 Å². The number of hydrogen-bond acceptors (Lipinski definition) is 6. The molecule has 2 heterocycles. The fourth-order valence-electron chi connectivity index (χ4n) is 4.13. The summed E-state index contributed by atoms with van der Waals surface area (Å²) in [5, 5.41) is 5.36. The molecule has 1 N–H and O–H groups in total. The summed E-state index contributed by atoms with van der Waals surface area (Å²) in [6.07, 6.45) is 5.71. The molecule has 1 saturated heterocycles. The maximum atomic E-state index is 12.5. The van der Waals surface area contributed by atoms with E-state index >= 15 is 0 Å². The highest BCUT2D eigenvalue weighted by Crippen LogP contribution is 2.31. The van der Waals surface area contributed by atoms with E-state index in [1.165, 1.54) is 31.0 Å². The van der Waals surface area contributed by atoms with E-state index in [4.69, 9.17) is 9.97 Å². The summed E-state index contributed by atoms with van der Waals surface area (Å²) in [7, 11) is 0. The molecule has 0 spiro atoms. The Labute approximate surface area is 179 Å². The number of hydrogen-bond donors (Lipinski definition) is 1. The molecule has 1 saturated carbocycles. The molecule has 0 bridgehead atoms. The SMILES string of the molecule is O=C1CS/C(=N/Nc2nc3ccccc3nc2-c2ccccc2)N1C1CCCCC1. The molecule has 2 fully saturated rings. The van der Waals surface area contributed by atoms with E-state index in [0.29, 0.717) is 11.6 Å². The smallest absolute Gasteiger partial charge is 0.239 e. The Bertz CT molecular complexity index is 1100. The number of aromatic nitrogens is 2. The van der Waals surface area contributed by atoms with Crippen molar-refractivity contribution < 1.29 is 4.79 Å². The Morgan fingerprint density at radius 3 is 2.40 bits per heavy atom. The third-order valence-corrected chi connectivity index (χ3v) is 6.55. The lowest BCUT2D eigenvalue weighted by Crippen LogP contribution is -2.41. The number of hydrazone groups is 1. The minimum Gasteiger partial charge on any atom is -0.286 e. The molecule has 30 heavy (non-hydrogen) atoms. The Kier molecular flexibility index (Phi) is 5.36. The minimum atomic E-state index is 0.153. The van der Waals surface area contributed by atoms with Crippen LogP contribution in [-0.2, 0) is 4.79 Å². The van der Waals surface area contributed by atoms with Gasteiger partial charge in [-0.3, -0.25) is 15.1 Å². The van der Waals surface area contributed by atoms with Crippen LogP contribution in [0.3, 0.4) is 0 Å². The fourth-order valence-corrected chi connectivity index (χ4v) is 5.03. The molecule has 2 aromatic carbocycles. The summed E-state index contributed by atoms with van der Waals surface area (Å²) in [6, 6.07) is 18.0. The number of fused-ring (bicyclic) bond motifs is 1. The molecular weight excluding hydrogens is 394 g/mol. The molecular formula is C23H23N5OS. The van der Waals surface area contributed by atoms with Gasteiger partial charge in [0.2, 0.25) is 5.91 Å². The third kappa shape index (κ3) is 3.77. The lowest BCUT2D eigenvalue weighted by atomic mass is 9.94. The van der Waals surface area contributed by atoms with Crippen molar-refractivity contribution >= 4 is 39.7 Å². The van der Waals surface area contributed by atoms with Crippen LogP contribution in [0.4, 0.5) is 5.82 Å². The van der Waals surface area contributed by atoms with Gasteiger partial charge < -0.3 is 0 Å². The monoisotopic (exact) mass is 417 g/mol. The first-order valence-corrected chi connectivity index (χ1v) is 11.4. The average Bonchev–Trinajstić information content (AvgIpc) is 3.18. The quantitative estimate of drug-likeness (QED) is 0.612. The van der Waals surface area contributed by atoms with Crippen molar-refractivity contribution in [1.82, 2.24) is 14.9 Å². The molecule has 6 nitrogen and oxygen atoms in total. The first kappa shape index (κ1) is 19.1. The lowest BCUT2D eigenvalue weighted by molar-refractivity contribution is -0.126. The Morgan fingerprint density at radius 1 is 0.933 bits per heavy atom. The van der Waals surface area contributed by atoms with Gasteiger partial charge in [-0.1, -0.05) is 73.5 Å². The largest absolute Gasteiger partial charge is 0.286 e. The zero-order valence-electron chi connectivity index (χ0n) is 16.6. The number of nitrogens with zero attached hydrogens (tertiary/aromatic N) is 4. The predicted molar refractivity (Wildman–Crippen MR) is 122 cm³/mol. The van der Waals surface area contributed by atoms with Crippen molar-refractivity contribution in [3.05, 3.63) is 54.6 Å². The molecule has 7 heteroatoms. The molecule has 0 unspecified atom stereocenters. The third-order valence-electron chi connectivity index (χ3n) is 5.61. The predicted octanol–water partition coefficient (Wildman–Crippen LogP) is 4.89. The molecule has 5 rings (SSSR count). The summed E-state index contributed by atoms with van der Waals surface area (Å²) in [5.41, 5.74) is 6.49. The number of benzene rings is 2. The number of amides is 1. The van der Waals surface area contributed by atoms with Gasteiger partial charge in [-0.05, 0) is 25.0 Å². The van der Waals surface area contributed by atoms with Gasteiger partial charge in [0.25, 0.3) is 0 Å². The number of thioether (sulfide) groups is 1. The van der Waals surface area contributed by atoms with Crippen molar-refractivity contribution in [2.45, 2.75) is 38.1 Å². The summed E-state index contributed by atoms with van der Waals surface area (Å²) in [6.45, 7) is 0. The Balaban J connectivity index is 1.50. The molecule has 2 aliphatic rings. The van der Waals surface area contributed by atoms with Crippen LogP contribution in [0.25, 0.3) is 22.3 Å². The standard InChI is InChI=1S/C23H23N5OS/c29-20-15-30-23(28(20)17-11-5-2-6-12-17)27-26-22-21(16-9-3-1-4-10-16)24-18-13-7-8-14-19(18)25-22/h1,3-4,7-10,13-14,17H,2,5-6,11-12,15H2,(H,25,26)/b27-23+. The van der Waals surface area contributed by atoms with E-state index < -0.39 is 0 Å². The van der Waals surface area contributed by atoms with Crippen molar-refractivity contribution in [3.63, 3.8) is 0 Å². The Morgan fingerprint density at radius 2 is 1.63 bits per heavy atom. The molecule has 1 aromatic heterocycles. The highest BCUT2D eigenvalue weighted by Gasteiger charge is 2.35. The molecule has 152 valence electrons. The van der Waals surface area contributed by atoms with Crippen LogP contribution in [-0.4, -0.2) is 37.7 Å². The maximum absolute atomic E-state index is 12.5. The van der Waals surface area contributed by atoms with E-state index in [1.807, 2.05) is 59.5 Å². The second kappa shape index (κ2) is 8.44. The van der Waals surface area contributed by atoms with Crippen molar-refractivity contribution in [3.8, 4) is 11.3 Å². The minimum absolute atomic E-state index is 0.153. The zero-order valence-corrected chi connectivity index (χ0v) is 17.4. The van der Waals surface area contributed by atoms with E-state index in [-0.39, 0.29) is 11.9 Å². The van der Waals surface area contributed by atoms with E-state index in [2.05, 4.69) is 10.5 Å². The number of nitrogens with one attached hydrogen (secondary N) is 1. The van der Waals surface area contributed by atoms with E-state index in [1.54, 1.807) is 0 Å². The zero-order chi connectivity index (χ0) is 20.3. The number of amidine groups is 1. The van der Waals surface area contributed by atoms with Gasteiger partial charge in [0.15, 0.2) is 11.0 Å². The van der Waals surface area contributed by atoms with Gasteiger partial charge in [0.05, 0.1) is 16.8 Å². The van der Waals surface area contributed by atoms with Gasteiger partial charge in [-0.25, -0.2) is 9.97 Å². The van der Waals surface area contributed by atoms with E-state index in [0.717, 1.165) is 40.3 Å². The Hall–Kier alpha value is -2.93. The lowest BCUT2D eigenvalue weighted by Gasteiger charge is -2.30. The van der Waals surface area contributed by atoms with Gasteiger partial charge in [0.1, 0.15) is 5.69 Å². The van der Waals surface area contributed by atoms with Gasteiger partial charge in [-0.15, -0.1) is 5.10 Å². The molecule has 3 aromatic rings. The van der Waals surface area contributed by atoms with Gasteiger partial charge in [-0.2, -0.15) is 0 Å². The van der Waals surface area contributed by atoms with Crippen LogP contribution >= 0.6 is 11.8 Å². The van der Waals surface area contributed by atoms with Crippen LogP contribution in [0.1, 0.15) is 32.1 Å². The second-order valence-electron chi connectivity index (χ2n) is 7.63. The van der Waals surface area contributed by atoms with Gasteiger partial charge >= 0.3 is 0 Å². The van der Waals surface area contributed by atoms with Crippen molar-refractivity contribution in [2.75, 3.05) is 11.2 Å². The number of rotatable bonds is 4. The highest BCUT2D eigenvalue weighted by atomic mass is 32.2. The van der Waals surface area contributed by atoms with Crippen LogP contribution in [0, 0.1) is 0 Å². The molecule has 1 aliphatic carbocycles. The first-order valence-electron chi connectivity index (χ1n) is 10.4. The van der Waals surface area contributed by atoms with Crippen molar-refractivity contribution in [1.29, 1.82) is 0 Å². The van der Waals surface area contributed by atoms with Crippen LogP contribution < -0.4 is 5.43 Å². The fraction of sp³-hybridized carbons (Fsp3) is 0.304. The molecule has 0 radical (unpaired) electrons. The molecule has 1 aliphatic heterocycles. The summed E-state index contributed by atoms with van der Waals surface area (Å²) in [4.78, 5) is 24.0. The first-order chi connectivity index (χ1) is 14.8. The second-order valence-corrected chi connectivity index (χ2v) is 8.57. The average molecular weight is 418 g/mol. The molecule has 1 amide bonds. The summed E-state index contributed by atoms with van der Waals surface area (Å²) < 4.78 is 0. The number of para-hydroxylation sites is 2. The summed E-state index contributed by atoms with van der Waals surface area (Å²) in [5.74, 6) is 1.20. The maximum Gasteiger partial charge on any atom is 0.239 e. The number of carbonyl (C=O) groups is 1. The molecule has 0 atom stereocenters. The topological polar surface area (TPSA) is 70.5 Å². The number of anilines is 1. The highest BCUT2D eigenvalue weighted by molar-refractivity contribution is 8.15.